The predicted molar refractivity (Wildman–Crippen MR) is 56.6 cm³/mol. The van der Waals surface area contributed by atoms with Gasteiger partial charge in [-0.15, -0.1) is 11.3 Å². The standard InChI is InChI=1S/C10H7ClOS/c11-9-2-1-3-10-8(9)6-7(13-10)4-5-12/h1-3,5-6H,4H2. The molecular weight excluding hydrogens is 204 g/mol. The highest BCUT2D eigenvalue weighted by atomic mass is 35.5. The van der Waals surface area contributed by atoms with E-state index in [0.29, 0.717) is 6.42 Å². The Labute approximate surface area is 84.9 Å². The molecule has 66 valence electrons. The molecule has 0 bridgehead atoms. The molecule has 1 nitrogen and oxygen atoms in total. The van der Waals surface area contributed by atoms with Crippen LogP contribution < -0.4 is 0 Å². The molecule has 0 spiro atoms. The van der Waals surface area contributed by atoms with Crippen molar-refractivity contribution in [2.45, 2.75) is 6.42 Å². The first-order chi connectivity index (χ1) is 6.31. The molecule has 0 aliphatic rings. The van der Waals surface area contributed by atoms with Gasteiger partial charge in [0.2, 0.25) is 0 Å². The predicted octanol–water partition coefficient (Wildman–Crippen LogP) is 3.30. The van der Waals surface area contributed by atoms with Crippen LogP contribution in [0.5, 0.6) is 0 Å². The van der Waals surface area contributed by atoms with Gasteiger partial charge < -0.3 is 4.79 Å². The average molecular weight is 211 g/mol. The van der Waals surface area contributed by atoms with E-state index in [1.54, 1.807) is 11.3 Å². The fraction of sp³-hybridized carbons (Fsp3) is 0.100. The second-order valence-corrected chi connectivity index (χ2v) is 4.31. The van der Waals surface area contributed by atoms with E-state index in [1.165, 1.54) is 0 Å². The molecule has 13 heavy (non-hydrogen) atoms. The van der Waals surface area contributed by atoms with Gasteiger partial charge in [0.15, 0.2) is 0 Å². The molecule has 0 N–H and O–H groups in total. The molecule has 1 heterocycles. The van der Waals surface area contributed by atoms with Crippen molar-refractivity contribution < 1.29 is 4.79 Å². The lowest BCUT2D eigenvalue weighted by atomic mass is 10.2. The van der Waals surface area contributed by atoms with E-state index >= 15 is 0 Å². The van der Waals surface area contributed by atoms with Crippen LogP contribution in [-0.4, -0.2) is 6.29 Å². The molecule has 0 aliphatic carbocycles. The largest absolute Gasteiger partial charge is 0.303 e. The number of carbonyl (C=O) groups excluding carboxylic acids is 1. The van der Waals surface area contributed by atoms with Crippen molar-refractivity contribution >= 4 is 39.3 Å². The van der Waals surface area contributed by atoms with Gasteiger partial charge in [-0.05, 0) is 18.2 Å². The minimum absolute atomic E-state index is 0.482. The molecule has 0 aliphatic heterocycles. The minimum Gasteiger partial charge on any atom is -0.303 e. The van der Waals surface area contributed by atoms with Crippen LogP contribution in [0.15, 0.2) is 24.3 Å². The number of hydrogen-bond acceptors (Lipinski definition) is 2. The van der Waals surface area contributed by atoms with Crippen molar-refractivity contribution in [1.82, 2.24) is 0 Å². The van der Waals surface area contributed by atoms with Crippen LogP contribution in [0.3, 0.4) is 0 Å². The number of halogens is 1. The highest BCUT2D eigenvalue weighted by Gasteiger charge is 2.03. The summed E-state index contributed by atoms with van der Waals surface area (Å²) in [4.78, 5) is 11.4. The Morgan fingerprint density at radius 2 is 2.31 bits per heavy atom. The maximum atomic E-state index is 10.3. The van der Waals surface area contributed by atoms with Gasteiger partial charge in [-0.25, -0.2) is 0 Å². The first kappa shape index (κ1) is 8.73. The van der Waals surface area contributed by atoms with E-state index in [-0.39, 0.29) is 0 Å². The number of thiophene rings is 1. The van der Waals surface area contributed by atoms with Gasteiger partial charge in [0.1, 0.15) is 6.29 Å². The third-order valence-corrected chi connectivity index (χ3v) is 3.30. The minimum atomic E-state index is 0.482. The fourth-order valence-corrected chi connectivity index (χ4v) is 2.58. The average Bonchev–Trinajstić information content (AvgIpc) is 2.49. The Bertz CT molecular complexity index is 447. The second-order valence-electron chi connectivity index (χ2n) is 2.74. The molecule has 0 saturated heterocycles. The van der Waals surface area contributed by atoms with Gasteiger partial charge in [0.25, 0.3) is 0 Å². The normalized spacial score (nSPS) is 10.5. The quantitative estimate of drug-likeness (QED) is 0.696. The van der Waals surface area contributed by atoms with Gasteiger partial charge in [0.05, 0.1) is 0 Å². The van der Waals surface area contributed by atoms with E-state index < -0.39 is 0 Å². The first-order valence-electron chi connectivity index (χ1n) is 3.92. The van der Waals surface area contributed by atoms with Crippen molar-refractivity contribution in [2.75, 3.05) is 0 Å². The first-order valence-corrected chi connectivity index (χ1v) is 5.11. The Morgan fingerprint density at radius 1 is 1.46 bits per heavy atom. The van der Waals surface area contributed by atoms with Crippen LogP contribution in [0.25, 0.3) is 10.1 Å². The molecule has 0 atom stereocenters. The summed E-state index contributed by atoms with van der Waals surface area (Å²) in [6.45, 7) is 0. The van der Waals surface area contributed by atoms with Crippen LogP contribution in [0.1, 0.15) is 4.88 Å². The number of hydrogen-bond donors (Lipinski definition) is 0. The maximum Gasteiger partial charge on any atom is 0.125 e. The second kappa shape index (κ2) is 3.48. The van der Waals surface area contributed by atoms with Gasteiger partial charge in [0, 0.05) is 26.4 Å². The number of fused-ring (bicyclic) bond motifs is 1. The van der Waals surface area contributed by atoms with E-state index in [4.69, 9.17) is 11.6 Å². The highest BCUT2D eigenvalue weighted by Crippen LogP contribution is 2.30. The topological polar surface area (TPSA) is 17.1 Å². The van der Waals surface area contributed by atoms with Gasteiger partial charge in [-0.3, -0.25) is 0 Å². The molecule has 0 saturated carbocycles. The third kappa shape index (κ3) is 1.60. The van der Waals surface area contributed by atoms with Crippen molar-refractivity contribution in [3.05, 3.63) is 34.2 Å². The number of aldehydes is 1. The lowest BCUT2D eigenvalue weighted by molar-refractivity contribution is -0.107. The zero-order chi connectivity index (χ0) is 9.26. The van der Waals surface area contributed by atoms with Crippen molar-refractivity contribution in [3.8, 4) is 0 Å². The molecule has 0 radical (unpaired) electrons. The van der Waals surface area contributed by atoms with Crippen molar-refractivity contribution in [1.29, 1.82) is 0 Å². The zero-order valence-corrected chi connectivity index (χ0v) is 8.36. The Balaban J connectivity index is 2.61. The summed E-state index contributed by atoms with van der Waals surface area (Å²) >= 11 is 7.61. The van der Waals surface area contributed by atoms with Gasteiger partial charge in [-0.2, -0.15) is 0 Å². The van der Waals surface area contributed by atoms with Crippen LogP contribution in [0.4, 0.5) is 0 Å². The zero-order valence-electron chi connectivity index (χ0n) is 6.79. The smallest absolute Gasteiger partial charge is 0.125 e. The highest BCUT2D eigenvalue weighted by molar-refractivity contribution is 7.19. The molecule has 0 fully saturated rings. The van der Waals surface area contributed by atoms with Crippen LogP contribution in [-0.2, 0) is 11.2 Å². The van der Waals surface area contributed by atoms with Gasteiger partial charge in [-0.1, -0.05) is 17.7 Å². The number of carbonyl (C=O) groups is 1. The van der Waals surface area contributed by atoms with E-state index in [2.05, 4.69) is 0 Å². The lowest BCUT2D eigenvalue weighted by Gasteiger charge is -1.89. The molecule has 0 amide bonds. The number of benzene rings is 1. The Kier molecular flexibility index (Phi) is 2.34. The van der Waals surface area contributed by atoms with Gasteiger partial charge >= 0.3 is 0 Å². The summed E-state index contributed by atoms with van der Waals surface area (Å²) in [6.07, 6.45) is 1.40. The third-order valence-electron chi connectivity index (χ3n) is 1.84. The van der Waals surface area contributed by atoms with Crippen molar-refractivity contribution in [3.63, 3.8) is 0 Å². The summed E-state index contributed by atoms with van der Waals surface area (Å²) in [6, 6.07) is 7.78. The maximum absolute atomic E-state index is 10.3. The lowest BCUT2D eigenvalue weighted by Crippen LogP contribution is -1.76. The van der Waals surface area contributed by atoms with E-state index in [9.17, 15) is 4.79 Å². The summed E-state index contributed by atoms with van der Waals surface area (Å²) in [7, 11) is 0. The van der Waals surface area contributed by atoms with E-state index in [0.717, 1.165) is 26.3 Å². The summed E-state index contributed by atoms with van der Waals surface area (Å²) in [5, 5.41) is 1.80. The molecule has 1 aromatic heterocycles. The molecule has 0 unspecified atom stereocenters. The molecule has 2 rings (SSSR count). The fourth-order valence-electron chi connectivity index (χ4n) is 1.26. The van der Waals surface area contributed by atoms with E-state index in [1.807, 2.05) is 24.3 Å². The van der Waals surface area contributed by atoms with Crippen LogP contribution >= 0.6 is 22.9 Å². The Hall–Kier alpha value is -0.860. The summed E-state index contributed by atoms with van der Waals surface area (Å²) in [5.41, 5.74) is 0. The molecular formula is C10H7ClOS. The number of rotatable bonds is 2. The van der Waals surface area contributed by atoms with Crippen LogP contribution in [0, 0.1) is 0 Å². The summed E-state index contributed by atoms with van der Waals surface area (Å²) in [5.74, 6) is 0. The molecule has 3 heteroatoms. The molecule has 1 aromatic carbocycles. The summed E-state index contributed by atoms with van der Waals surface area (Å²) < 4.78 is 1.14. The van der Waals surface area contributed by atoms with Crippen molar-refractivity contribution in [2.24, 2.45) is 0 Å². The Morgan fingerprint density at radius 3 is 3.00 bits per heavy atom. The SMILES string of the molecule is O=CCc1cc2c(Cl)cccc2s1. The van der Waals surface area contributed by atoms with Crippen LogP contribution in [0.2, 0.25) is 5.02 Å². The monoisotopic (exact) mass is 210 g/mol. The molecule has 2 aromatic rings.